The molecule has 1 aromatic carbocycles. The first kappa shape index (κ1) is 13.3. The van der Waals surface area contributed by atoms with Crippen LogP contribution in [-0.4, -0.2) is 32.4 Å². The van der Waals surface area contributed by atoms with Crippen LogP contribution in [0.1, 0.15) is 11.1 Å². The molecule has 0 amide bonds. The van der Waals surface area contributed by atoms with Gasteiger partial charge in [0.05, 0.1) is 6.21 Å². The van der Waals surface area contributed by atoms with Gasteiger partial charge in [0.15, 0.2) is 17.3 Å². The maximum Gasteiger partial charge on any atom is 0.161 e. The van der Waals surface area contributed by atoms with Crippen LogP contribution in [0.5, 0.6) is 17.2 Å². The van der Waals surface area contributed by atoms with E-state index in [1.165, 1.54) is 6.21 Å². The first-order chi connectivity index (χ1) is 9.58. The summed E-state index contributed by atoms with van der Waals surface area (Å²) < 4.78 is 0. The van der Waals surface area contributed by atoms with Crippen molar-refractivity contribution in [2.75, 3.05) is 0 Å². The predicted molar refractivity (Wildman–Crippen MR) is 74.0 cm³/mol. The molecule has 0 unspecified atom stereocenters. The molecule has 0 aliphatic carbocycles. The second-order valence-corrected chi connectivity index (χ2v) is 3.87. The maximum absolute atomic E-state index is 9.55. The van der Waals surface area contributed by atoms with E-state index in [9.17, 15) is 15.3 Å². The summed E-state index contributed by atoms with van der Waals surface area (Å²) in [5, 5.41) is 35.5. The minimum Gasteiger partial charge on any atom is -0.507 e. The van der Waals surface area contributed by atoms with Gasteiger partial charge in [-0.2, -0.15) is 5.10 Å². The fourth-order valence-corrected chi connectivity index (χ4v) is 1.42. The Labute approximate surface area is 114 Å². The zero-order valence-corrected chi connectivity index (χ0v) is 10.3. The summed E-state index contributed by atoms with van der Waals surface area (Å²) in [6, 6.07) is 5.52. The Kier molecular flexibility index (Phi) is 3.80. The number of nitrogens with two attached hydrogens (primary N) is 1. The molecule has 0 bridgehead atoms. The van der Waals surface area contributed by atoms with Crippen molar-refractivity contribution in [3.05, 3.63) is 47.8 Å². The molecule has 20 heavy (non-hydrogen) atoms. The Morgan fingerprint density at radius 3 is 2.40 bits per heavy atom. The molecule has 0 saturated carbocycles. The van der Waals surface area contributed by atoms with E-state index in [0.717, 1.165) is 12.1 Å². The van der Waals surface area contributed by atoms with Crippen LogP contribution in [0.25, 0.3) is 0 Å². The second kappa shape index (κ2) is 5.70. The van der Waals surface area contributed by atoms with Crippen LogP contribution < -0.4 is 5.73 Å². The second-order valence-electron chi connectivity index (χ2n) is 3.87. The zero-order valence-electron chi connectivity index (χ0n) is 10.3. The van der Waals surface area contributed by atoms with E-state index in [1.54, 1.807) is 24.5 Å². The number of phenolic OH excluding ortho intramolecular Hbond substituents is 3. The summed E-state index contributed by atoms with van der Waals surface area (Å²) in [5.74, 6) is -0.831. The van der Waals surface area contributed by atoms with Crippen LogP contribution in [0.3, 0.4) is 0 Å². The quantitative estimate of drug-likeness (QED) is 0.217. The van der Waals surface area contributed by atoms with Crippen molar-refractivity contribution >= 4 is 12.1 Å². The highest BCUT2D eigenvalue weighted by molar-refractivity contribution is 5.97. The summed E-state index contributed by atoms with van der Waals surface area (Å²) in [4.78, 5) is 3.85. The molecule has 0 radical (unpaired) electrons. The Balaban J connectivity index is 2.20. The third-order valence-corrected chi connectivity index (χ3v) is 2.46. The molecule has 0 spiro atoms. The molecule has 0 fully saturated rings. The van der Waals surface area contributed by atoms with Crippen molar-refractivity contribution in [2.45, 2.75) is 0 Å². The van der Waals surface area contributed by atoms with Crippen molar-refractivity contribution in [3.8, 4) is 17.2 Å². The average molecular weight is 272 g/mol. The van der Waals surface area contributed by atoms with E-state index in [4.69, 9.17) is 5.73 Å². The van der Waals surface area contributed by atoms with Gasteiger partial charge in [-0.1, -0.05) is 0 Å². The first-order valence-corrected chi connectivity index (χ1v) is 5.60. The maximum atomic E-state index is 9.55. The predicted octanol–water partition coefficient (Wildman–Crippen LogP) is 0.938. The van der Waals surface area contributed by atoms with Crippen LogP contribution in [0, 0.1) is 0 Å². The normalized spacial score (nSPS) is 11.9. The van der Waals surface area contributed by atoms with Crippen LogP contribution in [0.4, 0.5) is 0 Å². The molecule has 0 saturated heterocycles. The van der Waals surface area contributed by atoms with Crippen molar-refractivity contribution in [1.82, 2.24) is 4.98 Å². The Hall–Kier alpha value is -3.09. The van der Waals surface area contributed by atoms with Crippen LogP contribution in [-0.2, 0) is 0 Å². The smallest absolute Gasteiger partial charge is 0.161 e. The third-order valence-electron chi connectivity index (χ3n) is 2.46. The van der Waals surface area contributed by atoms with Gasteiger partial charge in [-0.05, 0) is 18.2 Å². The third kappa shape index (κ3) is 3.02. The molecular formula is C13H12N4O3. The molecule has 0 aliphatic heterocycles. The van der Waals surface area contributed by atoms with Crippen molar-refractivity contribution in [1.29, 1.82) is 0 Å². The van der Waals surface area contributed by atoms with Crippen LogP contribution in [0.15, 0.2) is 46.9 Å². The number of aromatic nitrogens is 1. The molecule has 1 aromatic heterocycles. The van der Waals surface area contributed by atoms with Crippen molar-refractivity contribution < 1.29 is 15.3 Å². The number of amidine groups is 1. The average Bonchev–Trinajstić information content (AvgIpc) is 2.45. The molecule has 0 aliphatic rings. The summed E-state index contributed by atoms with van der Waals surface area (Å²) in [6.45, 7) is 0. The van der Waals surface area contributed by atoms with Gasteiger partial charge in [0.1, 0.15) is 5.75 Å². The number of benzene rings is 1. The van der Waals surface area contributed by atoms with E-state index in [0.29, 0.717) is 5.56 Å². The van der Waals surface area contributed by atoms with Gasteiger partial charge in [-0.3, -0.25) is 4.98 Å². The number of hydrogen-bond donors (Lipinski definition) is 4. The van der Waals surface area contributed by atoms with E-state index in [-0.39, 0.29) is 22.9 Å². The van der Waals surface area contributed by atoms with Crippen molar-refractivity contribution in [2.24, 2.45) is 15.9 Å². The molecular weight excluding hydrogens is 260 g/mol. The fourth-order valence-electron chi connectivity index (χ4n) is 1.42. The van der Waals surface area contributed by atoms with Crippen molar-refractivity contribution in [3.63, 3.8) is 0 Å². The molecule has 7 nitrogen and oxygen atoms in total. The van der Waals surface area contributed by atoms with Gasteiger partial charge in [0.25, 0.3) is 0 Å². The molecule has 7 heteroatoms. The topological polar surface area (TPSA) is 124 Å². The number of pyridine rings is 1. The highest BCUT2D eigenvalue weighted by Gasteiger charge is 2.05. The molecule has 2 rings (SSSR count). The van der Waals surface area contributed by atoms with Gasteiger partial charge in [-0.15, -0.1) is 5.10 Å². The van der Waals surface area contributed by atoms with Gasteiger partial charge >= 0.3 is 0 Å². The van der Waals surface area contributed by atoms with E-state index in [1.807, 2.05) is 0 Å². The Morgan fingerprint density at radius 1 is 1.05 bits per heavy atom. The lowest BCUT2D eigenvalue weighted by atomic mass is 10.2. The van der Waals surface area contributed by atoms with E-state index < -0.39 is 5.75 Å². The number of hydrogen-bond acceptors (Lipinski definition) is 6. The number of phenols is 3. The minimum absolute atomic E-state index is 0.186. The molecule has 5 N–H and O–H groups in total. The van der Waals surface area contributed by atoms with Gasteiger partial charge in [0.2, 0.25) is 0 Å². The fraction of sp³-hybridized carbons (Fsp3) is 0. The highest BCUT2D eigenvalue weighted by atomic mass is 16.3. The largest absolute Gasteiger partial charge is 0.507 e. The standard InChI is InChI=1S/C13H12N4O3/c14-13(8-1-3-15-4-2-8)17-16-7-9-5-11(19)12(20)6-10(9)18/h1-7,18-20H,(H2,14,17)/b16-7+. The van der Waals surface area contributed by atoms with Gasteiger partial charge < -0.3 is 21.1 Å². The number of nitrogens with zero attached hydrogens (tertiary/aromatic N) is 3. The summed E-state index contributed by atoms with van der Waals surface area (Å²) in [7, 11) is 0. The Morgan fingerprint density at radius 2 is 1.70 bits per heavy atom. The lowest BCUT2D eigenvalue weighted by Gasteiger charge is -2.01. The zero-order chi connectivity index (χ0) is 14.5. The lowest BCUT2D eigenvalue weighted by molar-refractivity contribution is 0.396. The van der Waals surface area contributed by atoms with Crippen LogP contribution >= 0.6 is 0 Å². The number of rotatable bonds is 3. The monoisotopic (exact) mass is 272 g/mol. The molecule has 102 valence electrons. The van der Waals surface area contributed by atoms with E-state index >= 15 is 0 Å². The van der Waals surface area contributed by atoms with E-state index in [2.05, 4.69) is 15.2 Å². The highest BCUT2D eigenvalue weighted by Crippen LogP contribution is 2.31. The Bertz CT molecular complexity index is 669. The molecule has 0 atom stereocenters. The van der Waals surface area contributed by atoms with Gasteiger partial charge in [-0.25, -0.2) is 0 Å². The number of aromatic hydroxyl groups is 3. The minimum atomic E-state index is -0.417. The first-order valence-electron chi connectivity index (χ1n) is 5.60. The molecule has 1 heterocycles. The summed E-state index contributed by atoms with van der Waals surface area (Å²) >= 11 is 0. The molecule has 2 aromatic rings. The van der Waals surface area contributed by atoms with Crippen LogP contribution in [0.2, 0.25) is 0 Å². The summed E-state index contributed by atoms with van der Waals surface area (Å²) in [5.41, 5.74) is 6.57. The lowest BCUT2D eigenvalue weighted by Crippen LogP contribution is -2.12. The van der Waals surface area contributed by atoms with Gasteiger partial charge in [0, 0.05) is 29.6 Å². The summed E-state index contributed by atoms with van der Waals surface area (Å²) in [6.07, 6.45) is 4.36. The SMILES string of the molecule is N/C(=N\N=C\c1cc(O)c(O)cc1O)c1ccncc1.